The van der Waals surface area contributed by atoms with Gasteiger partial charge in [0.05, 0.1) is 11.9 Å². The molecule has 0 aliphatic heterocycles. The van der Waals surface area contributed by atoms with E-state index in [1.807, 2.05) is 32.0 Å². The van der Waals surface area contributed by atoms with Gasteiger partial charge in [0.2, 0.25) is 5.88 Å². The average molecular weight is 358 g/mol. The molecule has 6 heteroatoms. The van der Waals surface area contributed by atoms with Crippen LogP contribution in [0.1, 0.15) is 21.5 Å². The smallest absolute Gasteiger partial charge is 0.255 e. The number of hydrogen-bond donors (Lipinski definition) is 1. The van der Waals surface area contributed by atoms with E-state index in [9.17, 15) is 4.79 Å². The topological polar surface area (TPSA) is 54.5 Å². The number of pyridine rings is 1. The van der Waals surface area contributed by atoms with Crippen molar-refractivity contribution in [1.29, 1.82) is 0 Å². The number of amides is 1. The van der Waals surface area contributed by atoms with Crippen molar-refractivity contribution in [3.05, 3.63) is 52.2 Å². The van der Waals surface area contributed by atoms with Gasteiger partial charge in [0.1, 0.15) is 11.6 Å². The van der Waals surface area contributed by atoms with Crippen molar-refractivity contribution < 1.29 is 9.53 Å². The van der Waals surface area contributed by atoms with E-state index in [4.69, 9.17) is 22.8 Å². The molecule has 0 aliphatic rings. The maximum absolute atomic E-state index is 12.3. The number of carbonyl (C=O) groups excluding carboxylic acids is 1. The van der Waals surface area contributed by atoms with E-state index >= 15 is 0 Å². The summed E-state index contributed by atoms with van der Waals surface area (Å²) in [6.07, 6.45) is 6.95. The van der Waals surface area contributed by atoms with E-state index in [2.05, 4.69) is 16.2 Å². The molecule has 1 amide bonds. The number of nitrogens with one attached hydrogen (secondary N) is 1. The summed E-state index contributed by atoms with van der Waals surface area (Å²) in [5.74, 6) is 2.62. The lowest BCUT2D eigenvalue weighted by Gasteiger charge is -2.12. The Balaban J connectivity index is 2.06. The molecular weight excluding hydrogens is 338 g/mol. The van der Waals surface area contributed by atoms with Crippen LogP contribution in [-0.2, 0) is 0 Å². The van der Waals surface area contributed by atoms with E-state index in [1.165, 1.54) is 6.20 Å². The fourth-order valence-corrected chi connectivity index (χ4v) is 2.27. The summed E-state index contributed by atoms with van der Waals surface area (Å²) in [5.41, 5.74) is 2.59. The molecule has 0 fully saturated rings. The van der Waals surface area contributed by atoms with Crippen molar-refractivity contribution >= 4 is 23.2 Å². The summed E-state index contributed by atoms with van der Waals surface area (Å²) < 4.78 is 5.52. The minimum absolute atomic E-state index is 0.282. The van der Waals surface area contributed by atoms with Gasteiger partial charge in [-0.25, -0.2) is 4.98 Å². The molecule has 0 saturated heterocycles. The van der Waals surface area contributed by atoms with Gasteiger partial charge in [0.25, 0.3) is 5.91 Å². The fraction of sp³-hybridized carbons (Fsp3) is 0.263. The van der Waals surface area contributed by atoms with E-state index in [0.29, 0.717) is 34.3 Å². The van der Waals surface area contributed by atoms with Crippen LogP contribution in [0.4, 0.5) is 5.69 Å². The first-order chi connectivity index (χ1) is 11.9. The number of carbonyl (C=O) groups is 1. The summed E-state index contributed by atoms with van der Waals surface area (Å²) in [5, 5.41) is 3.09. The highest BCUT2D eigenvalue weighted by Crippen LogP contribution is 2.25. The monoisotopic (exact) mass is 357 g/mol. The Morgan fingerprint density at radius 3 is 2.80 bits per heavy atom. The van der Waals surface area contributed by atoms with Gasteiger partial charge < -0.3 is 15.0 Å². The average Bonchev–Trinajstić information content (AvgIpc) is 2.57. The van der Waals surface area contributed by atoms with Gasteiger partial charge in [-0.2, -0.15) is 0 Å². The first-order valence-corrected chi connectivity index (χ1v) is 8.10. The van der Waals surface area contributed by atoms with Crippen LogP contribution in [0.3, 0.4) is 0 Å². The number of halogens is 1. The molecule has 1 aromatic heterocycles. The number of rotatable bonds is 6. The summed E-state index contributed by atoms with van der Waals surface area (Å²) >= 11 is 6.16. The lowest BCUT2D eigenvalue weighted by atomic mass is 10.1. The van der Waals surface area contributed by atoms with Crippen molar-refractivity contribution in [2.75, 3.05) is 32.6 Å². The van der Waals surface area contributed by atoms with Crippen LogP contribution in [0.25, 0.3) is 0 Å². The Morgan fingerprint density at radius 2 is 2.16 bits per heavy atom. The third-order valence-corrected chi connectivity index (χ3v) is 3.77. The fourth-order valence-electron chi connectivity index (χ4n) is 2.05. The molecule has 2 rings (SSSR count). The molecule has 0 bridgehead atoms. The zero-order chi connectivity index (χ0) is 18.4. The second kappa shape index (κ2) is 8.52. The van der Waals surface area contributed by atoms with Gasteiger partial charge in [-0.05, 0) is 44.8 Å². The van der Waals surface area contributed by atoms with Crippen molar-refractivity contribution in [3.63, 3.8) is 0 Å². The zero-order valence-corrected chi connectivity index (χ0v) is 15.2. The third kappa shape index (κ3) is 5.21. The van der Waals surface area contributed by atoms with Gasteiger partial charge in [-0.15, -0.1) is 6.42 Å². The number of ether oxygens (including phenoxy) is 1. The van der Waals surface area contributed by atoms with Crippen LogP contribution < -0.4 is 10.1 Å². The van der Waals surface area contributed by atoms with E-state index in [0.717, 1.165) is 12.1 Å². The van der Waals surface area contributed by atoms with Gasteiger partial charge >= 0.3 is 0 Å². The molecule has 0 aliphatic carbocycles. The van der Waals surface area contributed by atoms with Gasteiger partial charge in [0, 0.05) is 17.7 Å². The number of terminal acetylenes is 1. The van der Waals surface area contributed by atoms with Crippen molar-refractivity contribution in [1.82, 2.24) is 9.88 Å². The third-order valence-electron chi connectivity index (χ3n) is 3.50. The number of benzene rings is 1. The SMILES string of the molecule is C#Cc1cc(C(=O)Nc2cnc(OCCN(C)C)c(Cl)c2)ccc1C. The highest BCUT2D eigenvalue weighted by Gasteiger charge is 2.11. The molecule has 1 aromatic carbocycles. The molecule has 0 saturated carbocycles. The number of likely N-dealkylation sites (N-methyl/N-ethyl adjacent to an activating group) is 1. The van der Waals surface area contributed by atoms with E-state index in [1.54, 1.807) is 18.2 Å². The molecule has 130 valence electrons. The maximum Gasteiger partial charge on any atom is 0.255 e. The predicted octanol–water partition coefficient (Wildman–Crippen LogP) is 3.22. The zero-order valence-electron chi connectivity index (χ0n) is 14.5. The lowest BCUT2D eigenvalue weighted by Crippen LogP contribution is -2.19. The Morgan fingerprint density at radius 1 is 1.40 bits per heavy atom. The normalized spacial score (nSPS) is 10.4. The molecule has 0 radical (unpaired) electrons. The van der Waals surface area contributed by atoms with Crippen molar-refractivity contribution in [2.45, 2.75) is 6.92 Å². The summed E-state index contributed by atoms with van der Waals surface area (Å²) in [4.78, 5) is 18.5. The van der Waals surface area contributed by atoms with Gasteiger partial charge in [-0.1, -0.05) is 23.6 Å². The van der Waals surface area contributed by atoms with Crippen LogP contribution in [0, 0.1) is 19.3 Å². The van der Waals surface area contributed by atoms with Crippen molar-refractivity contribution in [3.8, 4) is 18.2 Å². The first-order valence-electron chi connectivity index (χ1n) is 7.72. The van der Waals surface area contributed by atoms with E-state index in [-0.39, 0.29) is 5.91 Å². The molecule has 1 heterocycles. The lowest BCUT2D eigenvalue weighted by molar-refractivity contribution is 0.102. The molecule has 1 N–H and O–H groups in total. The molecule has 25 heavy (non-hydrogen) atoms. The van der Waals surface area contributed by atoms with Gasteiger partial charge in [0.15, 0.2) is 0 Å². The highest BCUT2D eigenvalue weighted by atomic mass is 35.5. The number of nitrogens with zero attached hydrogens (tertiary/aromatic N) is 2. The second-order valence-electron chi connectivity index (χ2n) is 5.79. The molecular formula is C19H20ClN3O2. The van der Waals surface area contributed by atoms with Gasteiger partial charge in [-0.3, -0.25) is 4.79 Å². The standard InChI is InChI=1S/C19H20ClN3O2/c1-5-14-10-15(7-6-13(14)2)18(24)22-16-11-17(20)19(21-12-16)25-9-8-23(3)4/h1,6-7,10-12H,8-9H2,2-4H3,(H,22,24). The van der Waals surface area contributed by atoms with E-state index < -0.39 is 0 Å². The Bertz CT molecular complexity index is 813. The Kier molecular flexibility index (Phi) is 6.40. The van der Waals surface area contributed by atoms with Crippen LogP contribution in [0.15, 0.2) is 30.5 Å². The molecule has 0 unspecified atom stereocenters. The summed E-state index contributed by atoms with van der Waals surface area (Å²) in [6, 6.07) is 6.82. The predicted molar refractivity (Wildman–Crippen MR) is 100 cm³/mol. The highest BCUT2D eigenvalue weighted by molar-refractivity contribution is 6.32. The first kappa shape index (κ1) is 18.8. The van der Waals surface area contributed by atoms with Crippen LogP contribution in [0.5, 0.6) is 5.88 Å². The minimum atomic E-state index is -0.282. The summed E-state index contributed by atoms with van der Waals surface area (Å²) in [6.45, 7) is 3.13. The molecule has 0 spiro atoms. The second-order valence-corrected chi connectivity index (χ2v) is 6.20. The Labute approximate surface area is 153 Å². The number of anilines is 1. The largest absolute Gasteiger partial charge is 0.475 e. The molecule has 5 nitrogen and oxygen atoms in total. The number of hydrogen-bond acceptors (Lipinski definition) is 4. The van der Waals surface area contributed by atoms with Crippen LogP contribution >= 0.6 is 11.6 Å². The maximum atomic E-state index is 12.3. The Hall–Kier alpha value is -2.55. The summed E-state index contributed by atoms with van der Waals surface area (Å²) in [7, 11) is 3.90. The minimum Gasteiger partial charge on any atom is -0.475 e. The number of aryl methyl sites for hydroxylation is 1. The number of aromatic nitrogens is 1. The molecule has 0 atom stereocenters. The van der Waals surface area contributed by atoms with Crippen LogP contribution in [-0.4, -0.2) is 43.0 Å². The van der Waals surface area contributed by atoms with Crippen LogP contribution in [0.2, 0.25) is 5.02 Å². The van der Waals surface area contributed by atoms with Crippen molar-refractivity contribution in [2.24, 2.45) is 0 Å². The quantitative estimate of drug-likeness (QED) is 0.806. The molecule has 2 aromatic rings.